The molecule has 14 heavy (non-hydrogen) atoms. The van der Waals surface area contributed by atoms with E-state index in [0.717, 1.165) is 17.9 Å². The van der Waals surface area contributed by atoms with Crippen molar-refractivity contribution in [2.45, 2.75) is 45.6 Å². The van der Waals surface area contributed by atoms with Crippen LogP contribution in [-0.4, -0.2) is 24.6 Å². The maximum absolute atomic E-state index is 3.74. The van der Waals surface area contributed by atoms with E-state index in [0.29, 0.717) is 0 Å². The average Bonchev–Trinajstić information content (AvgIpc) is 2.16. The molecule has 0 spiro atoms. The fourth-order valence-corrected chi connectivity index (χ4v) is 3.00. The van der Waals surface area contributed by atoms with Crippen LogP contribution < -0.4 is 5.32 Å². The van der Waals surface area contributed by atoms with Gasteiger partial charge in [0.1, 0.15) is 0 Å². The van der Waals surface area contributed by atoms with E-state index in [1.54, 1.807) is 0 Å². The number of nitrogens with one attached hydrogen (secondary N) is 1. The Morgan fingerprint density at radius 2 is 1.86 bits per heavy atom. The molecule has 1 aliphatic carbocycles. The maximum atomic E-state index is 3.74. The summed E-state index contributed by atoms with van der Waals surface area (Å²) in [6.07, 6.45) is 7.78. The van der Waals surface area contributed by atoms with Crippen LogP contribution in [0.15, 0.2) is 0 Å². The summed E-state index contributed by atoms with van der Waals surface area (Å²) in [6, 6.07) is 0.783. The summed E-state index contributed by atoms with van der Waals surface area (Å²) >= 11 is 1.95. The lowest BCUT2D eigenvalue weighted by atomic mass is 9.79. The normalized spacial score (nSPS) is 33.2. The van der Waals surface area contributed by atoms with E-state index in [2.05, 4.69) is 25.4 Å². The molecule has 0 aromatic rings. The van der Waals surface area contributed by atoms with Crippen molar-refractivity contribution in [1.82, 2.24) is 5.32 Å². The minimum absolute atomic E-state index is 0.783. The van der Waals surface area contributed by atoms with Crippen LogP contribution in [0.3, 0.4) is 0 Å². The highest BCUT2D eigenvalue weighted by atomic mass is 32.2. The molecule has 1 aliphatic rings. The third-order valence-corrected chi connectivity index (χ3v) is 4.15. The van der Waals surface area contributed by atoms with Gasteiger partial charge in [0.05, 0.1) is 0 Å². The van der Waals surface area contributed by atoms with Crippen molar-refractivity contribution in [3.05, 3.63) is 0 Å². The fraction of sp³-hybridized carbons (Fsp3) is 1.00. The fourth-order valence-electron chi connectivity index (χ4n) is 2.57. The van der Waals surface area contributed by atoms with Crippen molar-refractivity contribution in [2.24, 2.45) is 11.8 Å². The van der Waals surface area contributed by atoms with E-state index in [1.807, 2.05) is 11.8 Å². The monoisotopic (exact) mass is 215 g/mol. The predicted octanol–water partition coefficient (Wildman–Crippen LogP) is 3.15. The van der Waals surface area contributed by atoms with Gasteiger partial charge in [-0.3, -0.25) is 0 Å². The van der Waals surface area contributed by atoms with Crippen LogP contribution in [-0.2, 0) is 0 Å². The van der Waals surface area contributed by atoms with Crippen LogP contribution in [0, 0.1) is 11.8 Å². The first-order chi connectivity index (χ1) is 6.75. The molecule has 2 heteroatoms. The lowest BCUT2D eigenvalue weighted by Gasteiger charge is -2.35. The van der Waals surface area contributed by atoms with Gasteiger partial charge in [0.25, 0.3) is 0 Å². The quantitative estimate of drug-likeness (QED) is 0.707. The second-order valence-corrected chi connectivity index (χ2v) is 5.70. The molecule has 1 nitrogen and oxygen atoms in total. The molecule has 0 bridgehead atoms. The van der Waals surface area contributed by atoms with Crippen molar-refractivity contribution in [3.8, 4) is 0 Å². The van der Waals surface area contributed by atoms with Gasteiger partial charge >= 0.3 is 0 Å². The van der Waals surface area contributed by atoms with Gasteiger partial charge in [0.2, 0.25) is 0 Å². The van der Waals surface area contributed by atoms with Crippen LogP contribution in [0.5, 0.6) is 0 Å². The standard InChI is InChI=1S/C12H25NS/c1-10-6-4-7-11(2)12(10)13-8-5-9-14-3/h10-13H,4-9H2,1-3H3. The van der Waals surface area contributed by atoms with Crippen molar-refractivity contribution in [2.75, 3.05) is 18.6 Å². The van der Waals surface area contributed by atoms with Gasteiger partial charge < -0.3 is 5.32 Å². The molecule has 0 aliphatic heterocycles. The number of thioether (sulfide) groups is 1. The molecule has 1 N–H and O–H groups in total. The molecule has 0 amide bonds. The van der Waals surface area contributed by atoms with Crippen molar-refractivity contribution >= 4 is 11.8 Å². The summed E-state index contributed by atoms with van der Waals surface area (Å²) in [4.78, 5) is 0. The van der Waals surface area contributed by atoms with Crippen LogP contribution in [0.2, 0.25) is 0 Å². The van der Waals surface area contributed by atoms with Gasteiger partial charge in [-0.1, -0.05) is 20.3 Å². The maximum Gasteiger partial charge on any atom is 0.0118 e. The van der Waals surface area contributed by atoms with Crippen molar-refractivity contribution in [1.29, 1.82) is 0 Å². The van der Waals surface area contributed by atoms with E-state index in [9.17, 15) is 0 Å². The average molecular weight is 215 g/mol. The first-order valence-electron chi connectivity index (χ1n) is 5.98. The van der Waals surface area contributed by atoms with Gasteiger partial charge in [-0.2, -0.15) is 11.8 Å². The van der Waals surface area contributed by atoms with E-state index >= 15 is 0 Å². The zero-order valence-corrected chi connectivity index (χ0v) is 10.7. The van der Waals surface area contributed by atoms with Crippen LogP contribution >= 0.6 is 11.8 Å². The predicted molar refractivity (Wildman–Crippen MR) is 67.0 cm³/mol. The Kier molecular flexibility index (Phi) is 5.95. The van der Waals surface area contributed by atoms with Gasteiger partial charge in [-0.05, 0) is 49.7 Å². The molecule has 2 atom stereocenters. The molecule has 0 heterocycles. The van der Waals surface area contributed by atoms with Gasteiger partial charge in [0.15, 0.2) is 0 Å². The molecule has 1 fully saturated rings. The zero-order valence-electron chi connectivity index (χ0n) is 9.88. The lowest BCUT2D eigenvalue weighted by Crippen LogP contribution is -2.43. The van der Waals surface area contributed by atoms with Crippen molar-refractivity contribution < 1.29 is 0 Å². The third-order valence-electron chi connectivity index (χ3n) is 3.45. The minimum atomic E-state index is 0.783. The Hall–Kier alpha value is 0.310. The summed E-state index contributed by atoms with van der Waals surface area (Å²) in [5.74, 6) is 3.06. The first-order valence-corrected chi connectivity index (χ1v) is 7.37. The summed E-state index contributed by atoms with van der Waals surface area (Å²) in [7, 11) is 0. The van der Waals surface area contributed by atoms with E-state index in [-0.39, 0.29) is 0 Å². The second-order valence-electron chi connectivity index (χ2n) is 4.71. The summed E-state index contributed by atoms with van der Waals surface area (Å²) in [5.41, 5.74) is 0. The SMILES string of the molecule is CSCCCNC1C(C)CCCC1C. The Bertz CT molecular complexity index is 139. The van der Waals surface area contributed by atoms with E-state index in [1.165, 1.54) is 38.0 Å². The minimum Gasteiger partial charge on any atom is -0.313 e. The Morgan fingerprint density at radius 1 is 1.21 bits per heavy atom. The van der Waals surface area contributed by atoms with Gasteiger partial charge in [0, 0.05) is 6.04 Å². The zero-order chi connectivity index (χ0) is 10.4. The largest absolute Gasteiger partial charge is 0.313 e. The molecule has 1 saturated carbocycles. The van der Waals surface area contributed by atoms with E-state index < -0.39 is 0 Å². The van der Waals surface area contributed by atoms with Crippen molar-refractivity contribution in [3.63, 3.8) is 0 Å². The molecular weight excluding hydrogens is 190 g/mol. The highest BCUT2D eigenvalue weighted by molar-refractivity contribution is 7.98. The molecule has 1 rings (SSSR count). The van der Waals surface area contributed by atoms with Crippen LogP contribution in [0.25, 0.3) is 0 Å². The number of rotatable bonds is 5. The Labute approximate surface area is 93.4 Å². The second kappa shape index (κ2) is 6.73. The lowest BCUT2D eigenvalue weighted by molar-refractivity contribution is 0.210. The molecule has 0 aromatic carbocycles. The highest BCUT2D eigenvalue weighted by Gasteiger charge is 2.26. The van der Waals surface area contributed by atoms with Crippen LogP contribution in [0.4, 0.5) is 0 Å². The molecule has 84 valence electrons. The highest BCUT2D eigenvalue weighted by Crippen LogP contribution is 2.28. The molecule has 2 unspecified atom stereocenters. The smallest absolute Gasteiger partial charge is 0.0118 e. The first kappa shape index (κ1) is 12.4. The molecular formula is C12H25NS. The summed E-state index contributed by atoms with van der Waals surface area (Å²) < 4.78 is 0. The van der Waals surface area contributed by atoms with Gasteiger partial charge in [-0.25, -0.2) is 0 Å². The van der Waals surface area contributed by atoms with Gasteiger partial charge in [-0.15, -0.1) is 0 Å². The molecule has 0 saturated heterocycles. The number of hydrogen-bond acceptors (Lipinski definition) is 2. The summed E-state index contributed by atoms with van der Waals surface area (Å²) in [5, 5.41) is 3.74. The molecule has 0 radical (unpaired) electrons. The Balaban J connectivity index is 2.19. The topological polar surface area (TPSA) is 12.0 Å². The summed E-state index contributed by atoms with van der Waals surface area (Å²) in [6.45, 7) is 6.02. The van der Waals surface area contributed by atoms with E-state index in [4.69, 9.17) is 0 Å². The van der Waals surface area contributed by atoms with Crippen LogP contribution in [0.1, 0.15) is 39.5 Å². The Morgan fingerprint density at radius 3 is 2.43 bits per heavy atom. The third kappa shape index (κ3) is 3.82. The number of hydrogen-bond donors (Lipinski definition) is 1. The molecule has 0 aromatic heterocycles.